The highest BCUT2D eigenvalue weighted by Crippen LogP contribution is 2.17. The molecule has 0 fully saturated rings. The van der Waals surface area contributed by atoms with Crippen LogP contribution in [0, 0.1) is 0 Å². The number of carbonyl (C=O) groups is 1. The molecular weight excluding hydrogens is 240 g/mol. The number of rotatable bonds is 5. The van der Waals surface area contributed by atoms with Gasteiger partial charge < -0.3 is 9.32 Å². The zero-order valence-corrected chi connectivity index (χ0v) is 11.0. The van der Waals surface area contributed by atoms with Crippen LogP contribution in [0.2, 0.25) is 0 Å². The van der Waals surface area contributed by atoms with Crippen LogP contribution in [0.3, 0.4) is 0 Å². The summed E-state index contributed by atoms with van der Waals surface area (Å²) in [5.41, 5.74) is 2.54. The molecule has 0 N–H and O–H groups in total. The molecule has 0 spiro atoms. The number of carbonyl (C=O) groups excluding carboxylic acids is 1. The minimum absolute atomic E-state index is 0.00223. The maximum Gasteiger partial charge on any atom is 0.171 e. The first kappa shape index (κ1) is 13.1. The van der Waals surface area contributed by atoms with E-state index in [0.717, 1.165) is 11.4 Å². The van der Waals surface area contributed by atoms with E-state index >= 15 is 0 Å². The lowest BCUT2D eigenvalue weighted by molar-refractivity contribution is 0.100. The lowest BCUT2D eigenvalue weighted by Crippen LogP contribution is -2.07. The van der Waals surface area contributed by atoms with Crippen molar-refractivity contribution < 1.29 is 9.21 Å². The highest BCUT2D eigenvalue weighted by molar-refractivity contribution is 6.03. The zero-order chi connectivity index (χ0) is 13.7. The van der Waals surface area contributed by atoms with Gasteiger partial charge in [0.05, 0.1) is 17.5 Å². The average Bonchev–Trinajstić information content (AvgIpc) is 2.93. The van der Waals surface area contributed by atoms with Gasteiger partial charge in [0.2, 0.25) is 0 Å². The van der Waals surface area contributed by atoms with Crippen LogP contribution in [0.1, 0.15) is 16.8 Å². The number of Topliss-reactive ketones (excluding diaryl/α,β-unsaturated/α-hetero) is 1. The third-order valence-corrected chi connectivity index (χ3v) is 2.73. The summed E-state index contributed by atoms with van der Waals surface area (Å²) < 4.78 is 4.87. The summed E-state index contributed by atoms with van der Waals surface area (Å²) in [4.78, 5) is 18.0. The predicted molar refractivity (Wildman–Crippen MR) is 76.6 cm³/mol. The van der Waals surface area contributed by atoms with Crippen molar-refractivity contribution in [3.8, 4) is 0 Å². The van der Waals surface area contributed by atoms with Gasteiger partial charge in [-0.05, 0) is 30.3 Å². The second kappa shape index (κ2) is 6.00. The molecule has 2 rings (SSSR count). The van der Waals surface area contributed by atoms with Crippen molar-refractivity contribution in [2.75, 3.05) is 19.0 Å². The fourth-order valence-corrected chi connectivity index (χ4v) is 1.61. The topological polar surface area (TPSA) is 45.8 Å². The fraction of sp³-hybridized carbons (Fsp3) is 0.200. The molecule has 19 heavy (non-hydrogen) atoms. The van der Waals surface area contributed by atoms with Gasteiger partial charge >= 0.3 is 0 Å². The Balaban J connectivity index is 1.94. The Morgan fingerprint density at radius 2 is 2.00 bits per heavy atom. The predicted octanol–water partition coefficient (Wildman–Crippen LogP) is 3.32. The Bertz CT molecular complexity index is 554. The van der Waals surface area contributed by atoms with Crippen LogP contribution < -0.4 is 4.90 Å². The molecule has 0 saturated heterocycles. The second-order valence-electron chi connectivity index (χ2n) is 4.36. The van der Waals surface area contributed by atoms with Gasteiger partial charge in [-0.2, -0.15) is 0 Å². The van der Waals surface area contributed by atoms with E-state index in [4.69, 9.17) is 4.42 Å². The standard InChI is InChI=1S/C15H16N2O2/c1-17(2)14-5-3-13(4-6-14)16-9-7-15(18)12-8-10-19-11-12/h3-6,8-11H,7H2,1-2H3. The highest BCUT2D eigenvalue weighted by atomic mass is 16.3. The Hall–Kier alpha value is -2.36. The van der Waals surface area contributed by atoms with Crippen LogP contribution in [-0.4, -0.2) is 26.1 Å². The third-order valence-electron chi connectivity index (χ3n) is 2.73. The van der Waals surface area contributed by atoms with Crippen molar-refractivity contribution in [3.05, 3.63) is 48.4 Å². The number of anilines is 1. The molecule has 4 nitrogen and oxygen atoms in total. The van der Waals surface area contributed by atoms with Crippen LogP contribution in [-0.2, 0) is 0 Å². The number of aliphatic imine (C=N–C) groups is 1. The maximum atomic E-state index is 11.7. The quantitative estimate of drug-likeness (QED) is 0.609. The van der Waals surface area contributed by atoms with Gasteiger partial charge in [0.1, 0.15) is 6.26 Å². The molecule has 1 heterocycles. The molecular formula is C15H16N2O2. The molecule has 0 unspecified atom stereocenters. The molecule has 0 amide bonds. The van der Waals surface area contributed by atoms with Crippen LogP contribution in [0.4, 0.5) is 11.4 Å². The van der Waals surface area contributed by atoms with Crippen LogP contribution >= 0.6 is 0 Å². The summed E-state index contributed by atoms with van der Waals surface area (Å²) in [6.07, 6.45) is 4.83. The number of benzene rings is 1. The SMILES string of the molecule is CN(C)c1ccc(N=CCC(=O)c2ccoc2)cc1. The fourth-order valence-electron chi connectivity index (χ4n) is 1.61. The third kappa shape index (κ3) is 3.55. The van der Waals surface area contributed by atoms with E-state index < -0.39 is 0 Å². The largest absolute Gasteiger partial charge is 0.472 e. The molecule has 4 heteroatoms. The minimum atomic E-state index is 0.00223. The summed E-state index contributed by atoms with van der Waals surface area (Å²) in [7, 11) is 3.98. The molecule has 98 valence electrons. The number of nitrogens with zero attached hydrogens (tertiary/aromatic N) is 2. The number of ketones is 1. The first-order valence-electron chi connectivity index (χ1n) is 6.02. The van der Waals surface area contributed by atoms with Gasteiger partial charge in [-0.15, -0.1) is 0 Å². The molecule has 2 aromatic rings. The van der Waals surface area contributed by atoms with E-state index in [-0.39, 0.29) is 12.2 Å². The van der Waals surface area contributed by atoms with E-state index in [2.05, 4.69) is 4.99 Å². The van der Waals surface area contributed by atoms with Crippen molar-refractivity contribution >= 4 is 23.4 Å². The average molecular weight is 256 g/mol. The summed E-state index contributed by atoms with van der Waals surface area (Å²) in [5, 5.41) is 0. The van der Waals surface area contributed by atoms with Gasteiger partial charge in [0, 0.05) is 32.4 Å². The number of hydrogen-bond acceptors (Lipinski definition) is 4. The van der Waals surface area contributed by atoms with E-state index in [1.165, 1.54) is 12.5 Å². The Labute approximate surface area is 112 Å². The van der Waals surface area contributed by atoms with Crippen molar-refractivity contribution in [2.24, 2.45) is 4.99 Å². The van der Waals surface area contributed by atoms with E-state index in [9.17, 15) is 4.79 Å². The highest BCUT2D eigenvalue weighted by Gasteiger charge is 2.04. The van der Waals surface area contributed by atoms with Crippen molar-refractivity contribution in [1.82, 2.24) is 0 Å². The van der Waals surface area contributed by atoms with Gasteiger partial charge in [-0.1, -0.05) is 0 Å². The molecule has 1 aromatic carbocycles. The summed E-state index contributed by atoms with van der Waals surface area (Å²) in [6, 6.07) is 9.49. The molecule has 0 aliphatic heterocycles. The first-order chi connectivity index (χ1) is 9.16. The lowest BCUT2D eigenvalue weighted by atomic mass is 10.2. The zero-order valence-electron chi connectivity index (χ0n) is 11.0. The summed E-state index contributed by atoms with van der Waals surface area (Å²) >= 11 is 0. The minimum Gasteiger partial charge on any atom is -0.472 e. The van der Waals surface area contributed by atoms with Crippen molar-refractivity contribution in [3.63, 3.8) is 0 Å². The van der Waals surface area contributed by atoms with E-state index in [0.29, 0.717) is 5.56 Å². The van der Waals surface area contributed by atoms with Gasteiger partial charge in [-0.25, -0.2) is 0 Å². The second-order valence-corrected chi connectivity index (χ2v) is 4.36. The maximum absolute atomic E-state index is 11.7. The molecule has 0 radical (unpaired) electrons. The molecule has 0 bridgehead atoms. The molecule has 0 saturated carbocycles. The van der Waals surface area contributed by atoms with Crippen LogP contribution in [0.15, 0.2) is 52.3 Å². The van der Waals surface area contributed by atoms with Crippen molar-refractivity contribution in [2.45, 2.75) is 6.42 Å². The number of furan rings is 1. The van der Waals surface area contributed by atoms with E-state index in [1.807, 2.05) is 43.3 Å². The Morgan fingerprint density at radius 3 is 2.58 bits per heavy atom. The van der Waals surface area contributed by atoms with Crippen LogP contribution in [0.25, 0.3) is 0 Å². The smallest absolute Gasteiger partial charge is 0.171 e. The van der Waals surface area contributed by atoms with E-state index in [1.54, 1.807) is 12.3 Å². The van der Waals surface area contributed by atoms with Crippen LogP contribution in [0.5, 0.6) is 0 Å². The van der Waals surface area contributed by atoms with Crippen molar-refractivity contribution in [1.29, 1.82) is 0 Å². The number of hydrogen-bond donors (Lipinski definition) is 0. The Kier molecular flexibility index (Phi) is 4.13. The molecule has 0 atom stereocenters. The first-order valence-corrected chi connectivity index (χ1v) is 6.02. The molecule has 0 aliphatic carbocycles. The normalized spacial score (nSPS) is 10.8. The van der Waals surface area contributed by atoms with Gasteiger partial charge in [0.15, 0.2) is 5.78 Å². The molecule has 0 aliphatic rings. The monoisotopic (exact) mass is 256 g/mol. The summed E-state index contributed by atoms with van der Waals surface area (Å²) in [6.45, 7) is 0. The molecule has 1 aromatic heterocycles. The summed E-state index contributed by atoms with van der Waals surface area (Å²) in [5.74, 6) is 0.00223. The van der Waals surface area contributed by atoms with Gasteiger partial charge in [0.25, 0.3) is 0 Å². The lowest BCUT2D eigenvalue weighted by Gasteiger charge is -2.11. The van der Waals surface area contributed by atoms with Gasteiger partial charge in [-0.3, -0.25) is 9.79 Å². The Morgan fingerprint density at radius 1 is 1.26 bits per heavy atom.